The third-order valence-corrected chi connectivity index (χ3v) is 6.63. The predicted octanol–water partition coefficient (Wildman–Crippen LogP) is 4.97. The van der Waals surface area contributed by atoms with Crippen molar-refractivity contribution in [3.8, 4) is 11.8 Å². The van der Waals surface area contributed by atoms with Gasteiger partial charge in [0.2, 0.25) is 12.2 Å². The summed E-state index contributed by atoms with van der Waals surface area (Å²) in [4.78, 5) is 53.5. The van der Waals surface area contributed by atoms with Gasteiger partial charge in [0.05, 0.1) is 23.4 Å². The summed E-state index contributed by atoms with van der Waals surface area (Å²) in [6.07, 6.45) is -1.78. The summed E-state index contributed by atoms with van der Waals surface area (Å²) >= 11 is 0. The van der Waals surface area contributed by atoms with Gasteiger partial charge in [-0.25, -0.2) is 9.69 Å². The maximum absolute atomic E-state index is 13.8. The van der Waals surface area contributed by atoms with Gasteiger partial charge < -0.3 is 18.9 Å². The molecule has 2 aliphatic rings. The number of unbranched alkanes of at least 4 members (excludes halogenated alkanes) is 2. The molecule has 0 aliphatic carbocycles. The summed E-state index contributed by atoms with van der Waals surface area (Å²) in [5.41, 5.74) is -0.889. The Balaban J connectivity index is 1.93. The third kappa shape index (κ3) is 7.63. The lowest BCUT2D eigenvalue weighted by Gasteiger charge is -2.40. The number of fused-ring (bicyclic) bond motifs is 1. The lowest BCUT2D eigenvalue weighted by atomic mass is 9.93. The summed E-state index contributed by atoms with van der Waals surface area (Å²) in [6, 6.07) is 8.25. The van der Waals surface area contributed by atoms with Crippen LogP contribution in [0.25, 0.3) is 0 Å². The van der Waals surface area contributed by atoms with Crippen LogP contribution in [0.4, 0.5) is 4.79 Å². The Labute approximate surface area is 236 Å². The highest BCUT2D eigenvalue weighted by Crippen LogP contribution is 2.35. The summed E-state index contributed by atoms with van der Waals surface area (Å²) in [6.45, 7) is 12.0. The molecule has 0 radical (unpaired) electrons. The summed E-state index contributed by atoms with van der Waals surface area (Å²) in [7, 11) is 0. The second kappa shape index (κ2) is 12.9. The van der Waals surface area contributed by atoms with E-state index in [4.69, 9.17) is 18.9 Å². The monoisotopic (exact) mass is 555 g/mol. The maximum Gasteiger partial charge on any atom is 0.419 e. The Morgan fingerprint density at radius 3 is 2.25 bits per heavy atom. The van der Waals surface area contributed by atoms with Crippen LogP contribution in [0.1, 0.15) is 85.6 Å². The molecule has 9 nitrogen and oxygen atoms in total. The molecule has 3 rings (SSSR count). The molecule has 1 aromatic rings. The number of nitrogens with zero attached hydrogens (tertiary/aromatic N) is 1. The third-order valence-electron chi connectivity index (χ3n) is 6.63. The molecule has 5 atom stereocenters. The van der Waals surface area contributed by atoms with Crippen LogP contribution in [0, 0.1) is 22.7 Å². The number of amides is 2. The van der Waals surface area contributed by atoms with Gasteiger partial charge in [-0.05, 0) is 53.5 Å². The first kappa shape index (κ1) is 31.2. The molecule has 1 aromatic carbocycles. The first-order valence-electron chi connectivity index (χ1n) is 13.8. The number of benzene rings is 1. The van der Waals surface area contributed by atoms with Crippen LogP contribution in [0.5, 0.6) is 0 Å². The van der Waals surface area contributed by atoms with Crippen LogP contribution in [0.2, 0.25) is 0 Å². The first-order valence-corrected chi connectivity index (χ1v) is 13.8. The zero-order valence-electron chi connectivity index (χ0n) is 24.5. The van der Waals surface area contributed by atoms with E-state index >= 15 is 0 Å². The number of imide groups is 1. The van der Waals surface area contributed by atoms with E-state index in [1.165, 1.54) is 0 Å². The normalized spacial score (nSPS) is 23.3. The maximum atomic E-state index is 13.8. The van der Waals surface area contributed by atoms with E-state index in [1.54, 1.807) is 41.5 Å². The van der Waals surface area contributed by atoms with Gasteiger partial charge in [0, 0.05) is 12.8 Å². The Bertz CT molecular complexity index is 1140. The minimum atomic E-state index is -1.18. The van der Waals surface area contributed by atoms with Crippen LogP contribution in [0.3, 0.4) is 0 Å². The molecule has 1 unspecified atom stereocenters. The zero-order valence-corrected chi connectivity index (χ0v) is 24.5. The molecule has 218 valence electrons. The van der Waals surface area contributed by atoms with Crippen molar-refractivity contribution in [2.24, 2.45) is 10.8 Å². The molecule has 0 bridgehead atoms. The molecular weight excluding hydrogens is 514 g/mol. The van der Waals surface area contributed by atoms with Crippen LogP contribution in [0.15, 0.2) is 30.3 Å². The van der Waals surface area contributed by atoms with Crippen molar-refractivity contribution in [2.45, 2.75) is 105 Å². The zero-order chi connectivity index (χ0) is 29.7. The standard InChI is InChI=1S/C31H41NO8/c1-8-9-10-12-17-21(20-15-13-11-14-16-20)18-23(33)32-24-25(39-28(35)31(5,6)7)22(38-27(34)30(2,3)4)19-37-26(24)40-29(32)36/h11,13-16,21-22,24-26H,8-10,18-19H2,1-7H3/t21?,22-,24+,25-,26+/m1/s1. The Morgan fingerprint density at radius 1 is 1.02 bits per heavy atom. The SMILES string of the molecule is CCCCC#CC(CC(=O)N1C(=O)O[C@@H]2OC[C@@H](OC(=O)C(C)(C)C)[C@@H](OC(=O)C(C)(C)C)[C@@H]21)c1ccccc1. The lowest BCUT2D eigenvalue weighted by molar-refractivity contribution is -0.227. The number of carbonyl (C=O) groups is 4. The van der Waals surface area contributed by atoms with Crippen LogP contribution in [-0.2, 0) is 33.3 Å². The van der Waals surface area contributed by atoms with Crippen LogP contribution in [-0.4, -0.2) is 60.0 Å². The Kier molecular flexibility index (Phi) is 10.0. The topological polar surface area (TPSA) is 108 Å². The molecule has 0 aromatic heterocycles. The number of hydrogen-bond acceptors (Lipinski definition) is 8. The molecule has 2 saturated heterocycles. The minimum Gasteiger partial charge on any atom is -0.455 e. The first-order chi connectivity index (χ1) is 18.7. The van der Waals surface area contributed by atoms with E-state index in [1.807, 2.05) is 30.3 Å². The highest BCUT2D eigenvalue weighted by atomic mass is 16.7. The largest absolute Gasteiger partial charge is 0.455 e. The van der Waals surface area contributed by atoms with E-state index in [9.17, 15) is 19.2 Å². The molecule has 0 saturated carbocycles. The molecule has 2 heterocycles. The summed E-state index contributed by atoms with van der Waals surface area (Å²) < 4.78 is 22.7. The van der Waals surface area contributed by atoms with Gasteiger partial charge in [0.25, 0.3) is 0 Å². The smallest absolute Gasteiger partial charge is 0.419 e. The number of rotatable bonds is 7. The van der Waals surface area contributed by atoms with Crippen LogP contribution >= 0.6 is 0 Å². The van der Waals surface area contributed by atoms with Crippen molar-refractivity contribution >= 4 is 23.9 Å². The number of ether oxygens (including phenoxy) is 4. The molecular formula is C31H41NO8. The van der Waals surface area contributed by atoms with Gasteiger partial charge in [-0.15, -0.1) is 5.92 Å². The van der Waals surface area contributed by atoms with Gasteiger partial charge in [0.15, 0.2) is 12.2 Å². The molecule has 2 aliphatic heterocycles. The number of carbonyl (C=O) groups excluding carboxylic acids is 4. The van der Waals surface area contributed by atoms with Crippen molar-refractivity contribution in [3.05, 3.63) is 35.9 Å². The van der Waals surface area contributed by atoms with Crippen molar-refractivity contribution in [1.29, 1.82) is 0 Å². The fourth-order valence-corrected chi connectivity index (χ4v) is 4.21. The van der Waals surface area contributed by atoms with Crippen molar-refractivity contribution in [1.82, 2.24) is 4.90 Å². The van der Waals surface area contributed by atoms with Gasteiger partial charge in [-0.2, -0.15) is 0 Å². The van der Waals surface area contributed by atoms with E-state index in [2.05, 4.69) is 18.8 Å². The van der Waals surface area contributed by atoms with Crippen LogP contribution < -0.4 is 0 Å². The molecule has 0 N–H and O–H groups in total. The minimum absolute atomic E-state index is 0.103. The van der Waals surface area contributed by atoms with Crippen molar-refractivity contribution < 1.29 is 38.1 Å². The highest BCUT2D eigenvalue weighted by Gasteiger charge is 2.58. The molecule has 2 amide bonds. The average molecular weight is 556 g/mol. The fourth-order valence-electron chi connectivity index (χ4n) is 4.21. The van der Waals surface area contributed by atoms with E-state index in [0.717, 1.165) is 23.3 Å². The van der Waals surface area contributed by atoms with Crippen molar-refractivity contribution in [3.63, 3.8) is 0 Å². The lowest BCUT2D eigenvalue weighted by Crippen LogP contribution is -2.61. The van der Waals surface area contributed by atoms with Gasteiger partial charge >= 0.3 is 18.0 Å². The molecule has 40 heavy (non-hydrogen) atoms. The second-order valence-corrected chi connectivity index (χ2v) is 12.2. The van der Waals surface area contributed by atoms with Crippen molar-refractivity contribution in [2.75, 3.05) is 6.61 Å². The van der Waals surface area contributed by atoms with Gasteiger partial charge in [0.1, 0.15) is 6.04 Å². The predicted molar refractivity (Wildman–Crippen MR) is 147 cm³/mol. The van der Waals surface area contributed by atoms with E-state index < -0.39 is 65.2 Å². The Hall–Kier alpha value is -3.38. The van der Waals surface area contributed by atoms with Gasteiger partial charge in [-0.3, -0.25) is 14.4 Å². The summed E-state index contributed by atoms with van der Waals surface area (Å²) in [5, 5.41) is 0. The number of esters is 2. The highest BCUT2D eigenvalue weighted by molar-refractivity contribution is 5.94. The van der Waals surface area contributed by atoms with E-state index in [-0.39, 0.29) is 13.0 Å². The molecule has 2 fully saturated rings. The second-order valence-electron chi connectivity index (χ2n) is 12.2. The fraction of sp³-hybridized carbons (Fsp3) is 0.613. The Morgan fingerprint density at radius 2 is 1.65 bits per heavy atom. The quantitative estimate of drug-likeness (QED) is 0.201. The summed E-state index contributed by atoms with van der Waals surface area (Å²) in [5.74, 6) is 4.21. The number of hydrogen-bond donors (Lipinski definition) is 0. The van der Waals surface area contributed by atoms with Gasteiger partial charge in [-0.1, -0.05) is 49.6 Å². The van der Waals surface area contributed by atoms with E-state index in [0.29, 0.717) is 6.42 Å². The average Bonchev–Trinajstić information content (AvgIpc) is 3.22. The molecule has 9 heteroatoms. The molecule has 0 spiro atoms.